The normalized spacial score (nSPS) is 11.6. The van der Waals surface area contributed by atoms with Crippen LogP contribution in [0.3, 0.4) is 0 Å². The number of nitrogens with zero attached hydrogens (tertiary/aromatic N) is 3. The molecule has 0 fully saturated rings. The Morgan fingerprint density at radius 3 is 2.36 bits per heavy atom. The molecule has 22 heavy (non-hydrogen) atoms. The Bertz CT molecular complexity index is 701. The van der Waals surface area contributed by atoms with Crippen molar-refractivity contribution in [1.82, 2.24) is 4.98 Å². The zero-order valence-electron chi connectivity index (χ0n) is 11.2. The topological polar surface area (TPSA) is 89.7 Å². The first-order valence-electron chi connectivity index (χ1n) is 6.12. The van der Waals surface area contributed by atoms with Crippen LogP contribution in [0.5, 0.6) is 0 Å². The molecule has 1 aromatic carbocycles. The van der Waals surface area contributed by atoms with Gasteiger partial charge in [-0.25, -0.2) is 0 Å². The van der Waals surface area contributed by atoms with Gasteiger partial charge in [0.1, 0.15) is 0 Å². The average Bonchev–Trinajstić information content (AvgIpc) is 2.47. The molecule has 2 aromatic rings. The fourth-order valence-corrected chi connectivity index (χ4v) is 1.67. The number of rotatable bonds is 3. The van der Waals surface area contributed by atoms with Crippen molar-refractivity contribution < 1.29 is 13.2 Å². The summed E-state index contributed by atoms with van der Waals surface area (Å²) in [5, 5.41) is 7.08. The molecule has 0 aliphatic heterocycles. The third kappa shape index (κ3) is 4.05. The van der Waals surface area contributed by atoms with E-state index < -0.39 is 11.7 Å². The van der Waals surface area contributed by atoms with Crippen molar-refractivity contribution in [2.24, 2.45) is 21.7 Å². The highest BCUT2D eigenvalue weighted by Crippen LogP contribution is 2.31. The molecule has 0 saturated carbocycles. The summed E-state index contributed by atoms with van der Waals surface area (Å²) in [4.78, 5) is 3.95. The molecule has 0 atom stereocenters. The number of hydrogen-bond acceptors (Lipinski definition) is 3. The van der Waals surface area contributed by atoms with Crippen LogP contribution in [-0.4, -0.2) is 17.2 Å². The minimum absolute atomic E-state index is 0.166. The van der Waals surface area contributed by atoms with Gasteiger partial charge in [-0.2, -0.15) is 18.3 Å². The van der Waals surface area contributed by atoms with Crippen LogP contribution in [0.15, 0.2) is 52.8 Å². The third-order valence-corrected chi connectivity index (χ3v) is 2.67. The highest BCUT2D eigenvalue weighted by Gasteiger charge is 2.30. The Labute approximate surface area is 124 Å². The summed E-state index contributed by atoms with van der Waals surface area (Å²) >= 11 is 0. The Kier molecular flexibility index (Phi) is 4.40. The molecule has 114 valence electrons. The molecule has 0 amide bonds. The van der Waals surface area contributed by atoms with E-state index >= 15 is 0 Å². The van der Waals surface area contributed by atoms with E-state index in [4.69, 9.17) is 11.5 Å². The van der Waals surface area contributed by atoms with Gasteiger partial charge in [-0.15, -0.1) is 5.10 Å². The molecule has 0 bridgehead atoms. The van der Waals surface area contributed by atoms with Gasteiger partial charge in [0, 0.05) is 11.8 Å². The molecular formula is C14H12F3N5. The van der Waals surface area contributed by atoms with Crippen LogP contribution in [0, 0.1) is 0 Å². The fraction of sp³-hybridized carbons (Fsp3) is 0.0714. The monoisotopic (exact) mass is 307 g/mol. The number of pyridine rings is 1. The van der Waals surface area contributed by atoms with Crippen LogP contribution in [-0.2, 0) is 6.18 Å². The summed E-state index contributed by atoms with van der Waals surface area (Å²) in [6, 6.07) is 8.55. The highest BCUT2D eigenvalue weighted by molar-refractivity contribution is 5.82. The first-order valence-corrected chi connectivity index (χ1v) is 6.12. The number of guanidine groups is 1. The van der Waals surface area contributed by atoms with Crippen molar-refractivity contribution in [3.63, 3.8) is 0 Å². The lowest BCUT2D eigenvalue weighted by Crippen LogP contribution is -2.21. The van der Waals surface area contributed by atoms with Gasteiger partial charge in [0.05, 0.1) is 17.5 Å². The van der Waals surface area contributed by atoms with Crippen molar-refractivity contribution in [3.05, 3.63) is 53.7 Å². The molecule has 2 rings (SSSR count). The SMILES string of the molecule is NC(N)=NN=Cc1ccc(-c2cc(C(F)(F)F)ccn2)cc1. The zero-order valence-corrected chi connectivity index (χ0v) is 11.2. The highest BCUT2D eigenvalue weighted by atomic mass is 19.4. The summed E-state index contributed by atoms with van der Waals surface area (Å²) in [6.45, 7) is 0. The molecule has 0 unspecified atom stereocenters. The first-order chi connectivity index (χ1) is 10.4. The van der Waals surface area contributed by atoms with Crippen LogP contribution in [0.1, 0.15) is 11.1 Å². The van der Waals surface area contributed by atoms with Crippen LogP contribution < -0.4 is 11.5 Å². The standard InChI is InChI=1S/C14H12F3N5/c15-14(16,17)11-5-6-20-12(7-11)10-3-1-9(2-4-10)8-21-22-13(18)19/h1-8H,(H4,18,19,22). The number of alkyl halides is 3. The van der Waals surface area contributed by atoms with E-state index in [1.807, 2.05) is 0 Å². The number of benzene rings is 1. The van der Waals surface area contributed by atoms with Gasteiger partial charge in [0.2, 0.25) is 5.96 Å². The van der Waals surface area contributed by atoms with Gasteiger partial charge in [-0.05, 0) is 17.7 Å². The molecule has 0 radical (unpaired) electrons. The van der Waals surface area contributed by atoms with E-state index in [2.05, 4.69) is 15.2 Å². The van der Waals surface area contributed by atoms with E-state index in [0.29, 0.717) is 11.1 Å². The van der Waals surface area contributed by atoms with E-state index in [0.717, 1.165) is 18.3 Å². The van der Waals surface area contributed by atoms with Gasteiger partial charge in [0.15, 0.2) is 0 Å². The summed E-state index contributed by atoms with van der Waals surface area (Å²) in [6.07, 6.45) is -1.85. The van der Waals surface area contributed by atoms with E-state index in [1.165, 1.54) is 6.21 Å². The summed E-state index contributed by atoms with van der Waals surface area (Å²) < 4.78 is 38.0. The largest absolute Gasteiger partial charge is 0.416 e. The lowest BCUT2D eigenvalue weighted by molar-refractivity contribution is -0.137. The second-order valence-corrected chi connectivity index (χ2v) is 4.32. The Morgan fingerprint density at radius 2 is 1.77 bits per heavy atom. The molecule has 1 aromatic heterocycles. The fourth-order valence-electron chi connectivity index (χ4n) is 1.67. The second-order valence-electron chi connectivity index (χ2n) is 4.32. The van der Waals surface area contributed by atoms with Gasteiger partial charge >= 0.3 is 6.18 Å². The minimum Gasteiger partial charge on any atom is -0.369 e. The van der Waals surface area contributed by atoms with Crippen molar-refractivity contribution in [2.75, 3.05) is 0 Å². The Morgan fingerprint density at radius 1 is 1.09 bits per heavy atom. The number of aromatic nitrogens is 1. The van der Waals surface area contributed by atoms with Crippen LogP contribution in [0.2, 0.25) is 0 Å². The van der Waals surface area contributed by atoms with Crippen molar-refractivity contribution >= 4 is 12.2 Å². The molecule has 5 nitrogen and oxygen atoms in total. The molecule has 4 N–H and O–H groups in total. The molecular weight excluding hydrogens is 295 g/mol. The number of hydrogen-bond donors (Lipinski definition) is 2. The predicted molar refractivity (Wildman–Crippen MR) is 78.1 cm³/mol. The molecule has 0 aliphatic carbocycles. The zero-order chi connectivity index (χ0) is 16.2. The predicted octanol–water partition coefficient (Wildman–Crippen LogP) is 2.37. The molecule has 1 heterocycles. The van der Waals surface area contributed by atoms with Crippen molar-refractivity contribution in [2.45, 2.75) is 6.18 Å². The molecule has 0 aliphatic rings. The quantitative estimate of drug-likeness (QED) is 0.518. The summed E-state index contributed by atoms with van der Waals surface area (Å²) in [5.74, 6) is -0.166. The summed E-state index contributed by atoms with van der Waals surface area (Å²) in [5.41, 5.74) is 11.0. The smallest absolute Gasteiger partial charge is 0.369 e. The van der Waals surface area contributed by atoms with Crippen LogP contribution in [0.4, 0.5) is 13.2 Å². The van der Waals surface area contributed by atoms with E-state index in [9.17, 15) is 13.2 Å². The minimum atomic E-state index is -4.40. The van der Waals surface area contributed by atoms with Gasteiger partial charge in [-0.3, -0.25) is 4.98 Å². The van der Waals surface area contributed by atoms with Gasteiger partial charge in [-0.1, -0.05) is 24.3 Å². The molecule has 0 saturated heterocycles. The first kappa shape index (κ1) is 15.5. The Balaban J connectivity index is 2.24. The lowest BCUT2D eigenvalue weighted by Gasteiger charge is -2.08. The lowest BCUT2D eigenvalue weighted by atomic mass is 10.1. The molecule has 0 spiro atoms. The van der Waals surface area contributed by atoms with E-state index in [-0.39, 0.29) is 11.7 Å². The van der Waals surface area contributed by atoms with Crippen LogP contribution in [0.25, 0.3) is 11.3 Å². The van der Waals surface area contributed by atoms with Crippen molar-refractivity contribution in [3.8, 4) is 11.3 Å². The maximum Gasteiger partial charge on any atom is 0.416 e. The van der Waals surface area contributed by atoms with Gasteiger partial charge < -0.3 is 11.5 Å². The van der Waals surface area contributed by atoms with E-state index in [1.54, 1.807) is 24.3 Å². The number of nitrogens with two attached hydrogens (primary N) is 2. The maximum absolute atomic E-state index is 12.7. The summed E-state index contributed by atoms with van der Waals surface area (Å²) in [7, 11) is 0. The van der Waals surface area contributed by atoms with Gasteiger partial charge in [0.25, 0.3) is 0 Å². The molecule has 8 heteroatoms. The number of halogens is 3. The third-order valence-electron chi connectivity index (χ3n) is 2.67. The van der Waals surface area contributed by atoms with Crippen LogP contribution >= 0.6 is 0 Å². The Hall–Kier alpha value is -2.90. The maximum atomic E-state index is 12.7. The average molecular weight is 307 g/mol. The van der Waals surface area contributed by atoms with Crippen molar-refractivity contribution in [1.29, 1.82) is 0 Å². The second kappa shape index (κ2) is 6.25.